The van der Waals surface area contributed by atoms with E-state index in [4.69, 9.17) is 0 Å². The Morgan fingerprint density at radius 2 is 1.78 bits per heavy atom. The number of pyridine rings is 1. The van der Waals surface area contributed by atoms with Crippen molar-refractivity contribution >= 4 is 39.1 Å². The van der Waals surface area contributed by atoms with Crippen LogP contribution in [0.2, 0.25) is 0 Å². The number of carbonyl (C=O) groups is 1. The van der Waals surface area contributed by atoms with E-state index in [1.807, 2.05) is 0 Å². The molecule has 146 valence electrons. The first-order valence-electron chi connectivity index (χ1n) is 7.72. The van der Waals surface area contributed by atoms with Gasteiger partial charge in [0, 0.05) is 29.3 Å². The second-order valence-electron chi connectivity index (χ2n) is 5.36. The molecule has 0 aliphatic heterocycles. The van der Waals surface area contributed by atoms with Gasteiger partial charge in [-0.3, -0.25) is 9.52 Å². The van der Waals surface area contributed by atoms with E-state index in [1.165, 1.54) is 42.6 Å². The standard InChI is InChI=1S/C16H16F3N3O3S2/c1-2-10-27(24,25)22-12-7-5-11(6-8-12)21-14(23)13-4-3-9-20-15(13)26-16(17,18)19/h3-9,22H,2,10H2,1H3,(H,21,23). The van der Waals surface area contributed by atoms with Crippen LogP contribution in [0, 0.1) is 0 Å². The molecule has 2 aromatic rings. The highest BCUT2D eigenvalue weighted by molar-refractivity contribution is 8.00. The van der Waals surface area contributed by atoms with Crippen molar-refractivity contribution in [2.45, 2.75) is 23.9 Å². The number of hydrogen-bond acceptors (Lipinski definition) is 5. The normalized spacial score (nSPS) is 11.9. The third kappa shape index (κ3) is 6.75. The predicted octanol–water partition coefficient (Wildman–Crippen LogP) is 4.10. The maximum Gasteiger partial charge on any atom is 0.447 e. The topological polar surface area (TPSA) is 88.2 Å². The summed E-state index contributed by atoms with van der Waals surface area (Å²) in [7, 11) is -3.44. The molecule has 0 spiro atoms. The van der Waals surface area contributed by atoms with Crippen LogP contribution in [0.25, 0.3) is 0 Å². The molecule has 0 atom stereocenters. The average molecular weight is 419 g/mol. The molecule has 2 rings (SSSR count). The summed E-state index contributed by atoms with van der Waals surface area (Å²) in [5, 5.41) is 2.01. The van der Waals surface area contributed by atoms with Gasteiger partial charge in [0.25, 0.3) is 5.91 Å². The Hall–Kier alpha value is -2.27. The summed E-state index contributed by atoms with van der Waals surface area (Å²) in [5.41, 5.74) is -4.17. The number of rotatable bonds is 7. The molecule has 0 bridgehead atoms. The van der Waals surface area contributed by atoms with Crippen LogP contribution in [0.3, 0.4) is 0 Å². The zero-order chi connectivity index (χ0) is 20.1. The number of thioether (sulfide) groups is 1. The van der Waals surface area contributed by atoms with Crippen molar-refractivity contribution < 1.29 is 26.4 Å². The minimum Gasteiger partial charge on any atom is -0.322 e. The van der Waals surface area contributed by atoms with Crippen molar-refractivity contribution in [1.29, 1.82) is 0 Å². The number of halogens is 3. The number of hydrogen-bond donors (Lipinski definition) is 2. The van der Waals surface area contributed by atoms with Crippen molar-refractivity contribution in [2.75, 3.05) is 15.8 Å². The van der Waals surface area contributed by atoms with Crippen LogP contribution in [0.1, 0.15) is 23.7 Å². The molecule has 11 heteroatoms. The monoisotopic (exact) mass is 419 g/mol. The Morgan fingerprint density at radius 1 is 1.15 bits per heavy atom. The first-order chi connectivity index (χ1) is 12.6. The SMILES string of the molecule is CCCS(=O)(=O)Nc1ccc(NC(=O)c2cccnc2SC(F)(F)F)cc1. The molecule has 6 nitrogen and oxygen atoms in total. The number of alkyl halides is 3. The number of sulfonamides is 1. The number of nitrogens with zero attached hydrogens (tertiary/aromatic N) is 1. The van der Waals surface area contributed by atoms with Crippen molar-refractivity contribution in [3.8, 4) is 0 Å². The van der Waals surface area contributed by atoms with Gasteiger partial charge in [-0.15, -0.1) is 0 Å². The summed E-state index contributed by atoms with van der Waals surface area (Å²) in [5.74, 6) is -0.777. The number of aromatic nitrogens is 1. The zero-order valence-corrected chi connectivity index (χ0v) is 15.7. The molecular formula is C16H16F3N3O3S2. The van der Waals surface area contributed by atoms with Gasteiger partial charge in [-0.05, 0) is 42.8 Å². The van der Waals surface area contributed by atoms with E-state index < -0.39 is 38.2 Å². The molecule has 0 unspecified atom stereocenters. The van der Waals surface area contributed by atoms with E-state index in [0.717, 1.165) is 0 Å². The van der Waals surface area contributed by atoms with Crippen LogP contribution in [-0.2, 0) is 10.0 Å². The number of anilines is 2. The van der Waals surface area contributed by atoms with Crippen LogP contribution >= 0.6 is 11.8 Å². The average Bonchev–Trinajstić information content (AvgIpc) is 2.55. The van der Waals surface area contributed by atoms with Crippen molar-refractivity contribution in [3.63, 3.8) is 0 Å². The van der Waals surface area contributed by atoms with E-state index in [2.05, 4.69) is 15.0 Å². The van der Waals surface area contributed by atoms with E-state index >= 15 is 0 Å². The molecule has 0 saturated heterocycles. The molecule has 0 aliphatic rings. The van der Waals surface area contributed by atoms with Gasteiger partial charge >= 0.3 is 5.51 Å². The van der Waals surface area contributed by atoms with Crippen molar-refractivity contribution in [1.82, 2.24) is 4.98 Å². The second kappa shape index (κ2) is 8.61. The maximum absolute atomic E-state index is 12.6. The van der Waals surface area contributed by atoms with Crippen LogP contribution in [0.4, 0.5) is 24.5 Å². The van der Waals surface area contributed by atoms with Gasteiger partial charge in [0.05, 0.1) is 11.3 Å². The summed E-state index contributed by atoms with van der Waals surface area (Å²) in [6.45, 7) is 1.74. The van der Waals surface area contributed by atoms with Crippen LogP contribution in [0.5, 0.6) is 0 Å². The molecule has 2 N–H and O–H groups in total. The van der Waals surface area contributed by atoms with Gasteiger partial charge in [-0.2, -0.15) is 13.2 Å². The molecule has 0 fully saturated rings. The maximum atomic E-state index is 12.6. The highest BCUT2D eigenvalue weighted by atomic mass is 32.2. The summed E-state index contributed by atoms with van der Waals surface area (Å²) in [6, 6.07) is 8.36. The van der Waals surface area contributed by atoms with E-state index in [0.29, 0.717) is 17.8 Å². The minimum absolute atomic E-state index is 0.0217. The Bertz CT molecular complexity index is 901. The van der Waals surface area contributed by atoms with Gasteiger partial charge in [0.2, 0.25) is 10.0 Å². The number of nitrogens with one attached hydrogen (secondary N) is 2. The molecule has 1 amide bonds. The summed E-state index contributed by atoms with van der Waals surface area (Å²) in [4.78, 5) is 15.9. The molecule has 1 aromatic carbocycles. The summed E-state index contributed by atoms with van der Waals surface area (Å²) in [6.07, 6.45) is 1.63. The summed E-state index contributed by atoms with van der Waals surface area (Å²) < 4.78 is 63.6. The number of carbonyl (C=O) groups excluding carboxylic acids is 1. The van der Waals surface area contributed by atoms with Gasteiger partial charge in [-0.25, -0.2) is 13.4 Å². The largest absolute Gasteiger partial charge is 0.447 e. The third-order valence-corrected chi connectivity index (χ3v) is 5.36. The fraction of sp³-hybridized carbons (Fsp3) is 0.250. The quantitative estimate of drug-likeness (QED) is 0.660. The Labute approximate surface area is 158 Å². The lowest BCUT2D eigenvalue weighted by molar-refractivity contribution is -0.0329. The molecule has 0 radical (unpaired) electrons. The Balaban J connectivity index is 2.11. The molecular weight excluding hydrogens is 403 g/mol. The van der Waals surface area contributed by atoms with Crippen LogP contribution in [0.15, 0.2) is 47.6 Å². The lowest BCUT2D eigenvalue weighted by atomic mass is 10.2. The number of amides is 1. The molecule has 0 aliphatic carbocycles. The second-order valence-corrected chi connectivity index (χ2v) is 8.25. The van der Waals surface area contributed by atoms with Gasteiger partial charge in [-0.1, -0.05) is 6.92 Å². The van der Waals surface area contributed by atoms with Gasteiger partial charge < -0.3 is 5.32 Å². The first-order valence-corrected chi connectivity index (χ1v) is 10.2. The van der Waals surface area contributed by atoms with Crippen LogP contribution < -0.4 is 10.0 Å². The van der Waals surface area contributed by atoms with Crippen LogP contribution in [-0.4, -0.2) is 30.6 Å². The third-order valence-electron chi connectivity index (χ3n) is 3.12. The Kier molecular flexibility index (Phi) is 6.71. The molecule has 1 aromatic heterocycles. The lowest BCUT2D eigenvalue weighted by Gasteiger charge is -2.11. The fourth-order valence-electron chi connectivity index (χ4n) is 2.07. The number of benzene rings is 1. The summed E-state index contributed by atoms with van der Waals surface area (Å²) >= 11 is -0.469. The van der Waals surface area contributed by atoms with E-state index in [1.54, 1.807) is 6.92 Å². The predicted molar refractivity (Wildman–Crippen MR) is 98.2 cm³/mol. The molecule has 27 heavy (non-hydrogen) atoms. The Morgan fingerprint density at radius 3 is 2.37 bits per heavy atom. The van der Waals surface area contributed by atoms with Crippen molar-refractivity contribution in [3.05, 3.63) is 48.2 Å². The van der Waals surface area contributed by atoms with E-state index in [-0.39, 0.29) is 11.3 Å². The lowest BCUT2D eigenvalue weighted by Crippen LogP contribution is -2.16. The molecule has 0 saturated carbocycles. The van der Waals surface area contributed by atoms with E-state index in [9.17, 15) is 26.4 Å². The van der Waals surface area contributed by atoms with Crippen molar-refractivity contribution in [2.24, 2.45) is 0 Å². The van der Waals surface area contributed by atoms with Gasteiger partial charge in [0.1, 0.15) is 5.03 Å². The fourth-order valence-corrected chi connectivity index (χ4v) is 3.81. The highest BCUT2D eigenvalue weighted by Crippen LogP contribution is 2.37. The first kappa shape index (κ1) is 21.0. The van der Waals surface area contributed by atoms with Gasteiger partial charge in [0.15, 0.2) is 0 Å². The smallest absolute Gasteiger partial charge is 0.322 e. The zero-order valence-electron chi connectivity index (χ0n) is 14.1. The molecule has 1 heterocycles. The highest BCUT2D eigenvalue weighted by Gasteiger charge is 2.32. The minimum atomic E-state index is -4.57.